The summed E-state index contributed by atoms with van der Waals surface area (Å²) < 4.78 is 27.9. The Morgan fingerprint density at radius 1 is 1.23 bits per heavy atom. The zero-order chi connectivity index (χ0) is 21.8. The molecule has 0 saturated carbocycles. The molecule has 0 radical (unpaired) electrons. The summed E-state index contributed by atoms with van der Waals surface area (Å²) in [4.78, 5) is 39.2. The third-order valence-corrected chi connectivity index (χ3v) is 4.88. The van der Waals surface area contributed by atoms with E-state index in [1.165, 1.54) is 15.6 Å². The van der Waals surface area contributed by atoms with Gasteiger partial charge in [-0.2, -0.15) is 0 Å². The summed E-state index contributed by atoms with van der Waals surface area (Å²) in [6.45, 7) is 0.647. The van der Waals surface area contributed by atoms with Crippen LogP contribution < -0.4 is 16.2 Å². The Labute approximate surface area is 171 Å². The van der Waals surface area contributed by atoms with E-state index in [1.807, 2.05) is 0 Å². The van der Waals surface area contributed by atoms with Crippen molar-refractivity contribution in [2.75, 3.05) is 25.6 Å². The third kappa shape index (κ3) is 4.42. The van der Waals surface area contributed by atoms with Crippen molar-refractivity contribution in [3.63, 3.8) is 0 Å². The number of aromatic hydroxyl groups is 1. The quantitative estimate of drug-likeness (QED) is 0.699. The Hall–Kier alpha value is -3.43. The van der Waals surface area contributed by atoms with Crippen LogP contribution in [0.3, 0.4) is 0 Å². The van der Waals surface area contributed by atoms with Gasteiger partial charge in [0.05, 0.1) is 0 Å². The SMILES string of the molecule is CN1CCCCCNn2cc(C(=O)NCc3ccc(F)cc3F)c(=O)c(O)c2C1=O. The smallest absolute Gasteiger partial charge is 0.276 e. The molecule has 160 valence electrons. The lowest BCUT2D eigenvalue weighted by Crippen LogP contribution is -2.37. The van der Waals surface area contributed by atoms with Gasteiger partial charge in [-0.05, 0) is 25.3 Å². The van der Waals surface area contributed by atoms with Crippen LogP contribution in [0, 0.1) is 11.6 Å². The molecule has 1 aliphatic rings. The molecule has 2 aromatic rings. The Kier molecular flexibility index (Phi) is 6.34. The van der Waals surface area contributed by atoms with Crippen molar-refractivity contribution in [3.8, 4) is 5.75 Å². The van der Waals surface area contributed by atoms with E-state index in [-0.39, 0.29) is 17.8 Å². The van der Waals surface area contributed by atoms with Crippen molar-refractivity contribution in [1.82, 2.24) is 14.9 Å². The van der Waals surface area contributed by atoms with Crippen molar-refractivity contribution in [2.24, 2.45) is 0 Å². The second kappa shape index (κ2) is 8.93. The fourth-order valence-corrected chi connectivity index (χ4v) is 3.16. The lowest BCUT2D eigenvalue weighted by molar-refractivity contribution is 0.0775. The molecule has 1 aromatic heterocycles. The van der Waals surface area contributed by atoms with Gasteiger partial charge in [0.1, 0.15) is 17.2 Å². The summed E-state index contributed by atoms with van der Waals surface area (Å²) in [7, 11) is 1.57. The van der Waals surface area contributed by atoms with E-state index in [9.17, 15) is 28.3 Å². The molecular weight excluding hydrogens is 398 g/mol. The lowest BCUT2D eigenvalue weighted by Gasteiger charge is -2.24. The predicted molar refractivity (Wildman–Crippen MR) is 105 cm³/mol. The maximum Gasteiger partial charge on any atom is 0.276 e. The number of fused-ring (bicyclic) bond motifs is 1. The minimum Gasteiger partial charge on any atom is -0.502 e. The molecule has 0 saturated heterocycles. The zero-order valence-electron chi connectivity index (χ0n) is 16.4. The normalized spacial score (nSPS) is 14.6. The third-order valence-electron chi connectivity index (χ3n) is 4.88. The minimum atomic E-state index is -1.01. The molecule has 30 heavy (non-hydrogen) atoms. The lowest BCUT2D eigenvalue weighted by atomic mass is 10.1. The molecule has 0 aliphatic carbocycles. The molecule has 2 heterocycles. The number of nitrogens with one attached hydrogen (secondary N) is 2. The van der Waals surface area contributed by atoms with Gasteiger partial charge in [-0.1, -0.05) is 6.07 Å². The largest absolute Gasteiger partial charge is 0.502 e. The van der Waals surface area contributed by atoms with Crippen molar-refractivity contribution in [2.45, 2.75) is 25.8 Å². The number of carbonyl (C=O) groups excluding carboxylic acids is 2. The molecule has 2 amide bonds. The molecule has 8 nitrogen and oxygen atoms in total. The van der Waals surface area contributed by atoms with Crippen LogP contribution in [0.25, 0.3) is 0 Å². The van der Waals surface area contributed by atoms with Crippen LogP contribution in [-0.2, 0) is 6.54 Å². The van der Waals surface area contributed by atoms with Crippen LogP contribution in [0.1, 0.15) is 45.7 Å². The number of nitrogens with zero attached hydrogens (tertiary/aromatic N) is 2. The van der Waals surface area contributed by atoms with E-state index in [1.54, 1.807) is 7.05 Å². The molecule has 0 spiro atoms. The average Bonchev–Trinajstić information content (AvgIpc) is 2.71. The first-order valence-corrected chi connectivity index (χ1v) is 9.49. The topological polar surface area (TPSA) is 104 Å². The summed E-state index contributed by atoms with van der Waals surface area (Å²) in [6.07, 6.45) is 3.60. The molecule has 1 aromatic carbocycles. The first-order valence-electron chi connectivity index (χ1n) is 9.49. The van der Waals surface area contributed by atoms with E-state index in [2.05, 4.69) is 10.7 Å². The number of hydrogen-bond acceptors (Lipinski definition) is 5. The molecular formula is C20H22F2N4O4. The number of rotatable bonds is 3. The summed E-state index contributed by atoms with van der Waals surface area (Å²) in [5.41, 5.74) is 1.26. The number of pyridine rings is 1. The maximum atomic E-state index is 13.8. The maximum absolute atomic E-state index is 13.8. The van der Waals surface area contributed by atoms with E-state index < -0.39 is 40.2 Å². The van der Waals surface area contributed by atoms with Gasteiger partial charge in [0.25, 0.3) is 11.8 Å². The fraction of sp³-hybridized carbons (Fsp3) is 0.350. The first kappa shape index (κ1) is 21.3. The van der Waals surface area contributed by atoms with Gasteiger partial charge in [-0.3, -0.25) is 19.1 Å². The van der Waals surface area contributed by atoms with Crippen LogP contribution in [-0.4, -0.2) is 46.6 Å². The summed E-state index contributed by atoms with van der Waals surface area (Å²) in [5, 5.41) is 12.8. The van der Waals surface area contributed by atoms with Crippen molar-refractivity contribution >= 4 is 11.8 Å². The molecule has 0 bridgehead atoms. The van der Waals surface area contributed by atoms with Gasteiger partial charge in [0, 0.05) is 44.5 Å². The van der Waals surface area contributed by atoms with Crippen molar-refractivity contribution < 1.29 is 23.5 Å². The molecule has 3 N–H and O–H groups in total. The van der Waals surface area contributed by atoms with E-state index >= 15 is 0 Å². The number of carbonyl (C=O) groups is 2. The summed E-state index contributed by atoms with van der Waals surface area (Å²) in [5.74, 6) is -3.86. The van der Waals surface area contributed by atoms with Crippen LogP contribution in [0.2, 0.25) is 0 Å². The second-order valence-corrected chi connectivity index (χ2v) is 7.05. The van der Waals surface area contributed by atoms with Gasteiger partial charge in [0.2, 0.25) is 5.43 Å². The van der Waals surface area contributed by atoms with Crippen LogP contribution in [0.4, 0.5) is 8.78 Å². The monoisotopic (exact) mass is 420 g/mol. The summed E-state index contributed by atoms with van der Waals surface area (Å²) in [6, 6.07) is 2.91. The highest BCUT2D eigenvalue weighted by Crippen LogP contribution is 2.17. The fourth-order valence-electron chi connectivity index (χ4n) is 3.16. The average molecular weight is 420 g/mol. The molecule has 0 unspecified atom stereocenters. The molecule has 3 rings (SSSR count). The second-order valence-electron chi connectivity index (χ2n) is 7.05. The van der Waals surface area contributed by atoms with Crippen molar-refractivity contribution in [3.05, 3.63) is 63.1 Å². The van der Waals surface area contributed by atoms with Gasteiger partial charge >= 0.3 is 0 Å². The first-order chi connectivity index (χ1) is 14.3. The molecule has 0 atom stereocenters. The predicted octanol–water partition coefficient (Wildman–Crippen LogP) is 1.56. The Balaban J connectivity index is 1.91. The van der Waals surface area contributed by atoms with Gasteiger partial charge < -0.3 is 20.7 Å². The number of aromatic nitrogens is 1. The van der Waals surface area contributed by atoms with Gasteiger partial charge in [-0.25, -0.2) is 8.78 Å². The minimum absolute atomic E-state index is 0.0305. The highest BCUT2D eigenvalue weighted by molar-refractivity contribution is 5.98. The van der Waals surface area contributed by atoms with Gasteiger partial charge in [0.15, 0.2) is 11.4 Å². The highest BCUT2D eigenvalue weighted by Gasteiger charge is 2.26. The van der Waals surface area contributed by atoms with Crippen LogP contribution in [0.5, 0.6) is 5.75 Å². The zero-order valence-corrected chi connectivity index (χ0v) is 16.4. The van der Waals surface area contributed by atoms with E-state index in [4.69, 9.17) is 0 Å². The van der Waals surface area contributed by atoms with Crippen LogP contribution in [0.15, 0.2) is 29.2 Å². The standard InChI is InChI=1S/C20H22F2N4O4/c1-25-8-4-2-3-7-24-26-11-14(17(27)18(28)16(26)20(25)30)19(29)23-10-12-5-6-13(21)9-15(12)22/h5-6,9,11,24,28H,2-4,7-8,10H2,1H3,(H,23,29). The summed E-state index contributed by atoms with van der Waals surface area (Å²) >= 11 is 0. The van der Waals surface area contributed by atoms with Gasteiger partial charge in [-0.15, -0.1) is 0 Å². The number of amides is 2. The Morgan fingerprint density at radius 2 is 2.00 bits per heavy atom. The number of hydrogen-bond donors (Lipinski definition) is 3. The highest BCUT2D eigenvalue weighted by atomic mass is 19.1. The van der Waals surface area contributed by atoms with E-state index in [0.29, 0.717) is 19.2 Å². The number of halogens is 2. The Bertz CT molecular complexity index is 1040. The molecule has 10 heteroatoms. The Morgan fingerprint density at radius 3 is 2.73 bits per heavy atom. The number of benzene rings is 1. The van der Waals surface area contributed by atoms with E-state index in [0.717, 1.165) is 31.5 Å². The molecule has 1 aliphatic heterocycles. The van der Waals surface area contributed by atoms with Crippen molar-refractivity contribution in [1.29, 1.82) is 0 Å². The van der Waals surface area contributed by atoms with Crippen LogP contribution >= 0.6 is 0 Å². The molecule has 0 fully saturated rings.